The standard InChI is InChI=1S/C14H30N.C6HF5O/c1-3-4-5-6-7-9-12-15(2)13-10-8-11-14-15;7-1-2(8)4(10)6(12)5(11)3(1)9/h3-14H2,1-2H3;12H/q+1;/p-1. The largest absolute Gasteiger partial charge is 0.868 e. The first-order chi connectivity index (χ1) is 12.7. The fourth-order valence-corrected chi connectivity index (χ4v) is 3.36. The molecule has 1 fully saturated rings. The van der Waals surface area contributed by atoms with Crippen LogP contribution in [0.15, 0.2) is 0 Å². The molecule has 0 spiro atoms. The molecule has 2 rings (SSSR count). The number of hydrogen-bond donors (Lipinski definition) is 0. The summed E-state index contributed by atoms with van der Waals surface area (Å²) in [6.45, 7) is 6.61. The number of rotatable bonds is 7. The second-order valence-corrected chi connectivity index (χ2v) is 7.52. The highest BCUT2D eigenvalue weighted by Crippen LogP contribution is 2.25. The summed E-state index contributed by atoms with van der Waals surface area (Å²) >= 11 is 0. The molecule has 0 amide bonds. The number of piperidine rings is 1. The van der Waals surface area contributed by atoms with E-state index in [1.807, 2.05) is 0 Å². The third-order valence-corrected chi connectivity index (χ3v) is 5.12. The minimum atomic E-state index is -2.33. The maximum atomic E-state index is 12.1. The Morgan fingerprint density at radius 1 is 0.704 bits per heavy atom. The Morgan fingerprint density at radius 2 is 1.15 bits per heavy atom. The summed E-state index contributed by atoms with van der Waals surface area (Å²) in [5.74, 6) is -13.6. The predicted molar refractivity (Wildman–Crippen MR) is 93.7 cm³/mol. The van der Waals surface area contributed by atoms with Crippen molar-refractivity contribution in [2.24, 2.45) is 0 Å². The smallest absolute Gasteiger partial charge is 0.200 e. The Morgan fingerprint density at radius 3 is 1.67 bits per heavy atom. The molecule has 1 aliphatic heterocycles. The van der Waals surface area contributed by atoms with Crippen LogP contribution in [-0.2, 0) is 0 Å². The van der Waals surface area contributed by atoms with Gasteiger partial charge in [0.05, 0.1) is 26.7 Å². The van der Waals surface area contributed by atoms with Gasteiger partial charge < -0.3 is 9.59 Å². The zero-order valence-electron chi connectivity index (χ0n) is 16.2. The van der Waals surface area contributed by atoms with Crippen molar-refractivity contribution in [1.82, 2.24) is 0 Å². The normalized spacial score (nSPS) is 16.0. The third-order valence-electron chi connectivity index (χ3n) is 5.12. The summed E-state index contributed by atoms with van der Waals surface area (Å²) in [5, 5.41) is 10.2. The zero-order valence-corrected chi connectivity index (χ0v) is 16.2. The number of benzene rings is 1. The van der Waals surface area contributed by atoms with Crippen molar-refractivity contribution >= 4 is 0 Å². The fourth-order valence-electron chi connectivity index (χ4n) is 3.36. The van der Waals surface area contributed by atoms with E-state index in [2.05, 4.69) is 14.0 Å². The second kappa shape index (κ2) is 11.5. The van der Waals surface area contributed by atoms with Gasteiger partial charge in [0, 0.05) is 0 Å². The molecule has 27 heavy (non-hydrogen) atoms. The summed E-state index contributed by atoms with van der Waals surface area (Å²) in [6.07, 6.45) is 13.1. The molecule has 0 bridgehead atoms. The average Bonchev–Trinajstić information content (AvgIpc) is 2.67. The van der Waals surface area contributed by atoms with Crippen molar-refractivity contribution in [2.75, 3.05) is 26.7 Å². The molecule has 0 aromatic heterocycles. The summed E-state index contributed by atoms with van der Waals surface area (Å²) in [6, 6.07) is 0. The lowest BCUT2D eigenvalue weighted by molar-refractivity contribution is -0.914. The SMILES string of the molecule is CCCCCCCC[N+]1(C)CCCCC1.[O-]c1c(F)c(F)c(F)c(F)c1F. The highest BCUT2D eigenvalue weighted by molar-refractivity contribution is 5.26. The molecule has 1 saturated heterocycles. The van der Waals surface area contributed by atoms with E-state index in [1.54, 1.807) is 0 Å². The molecule has 1 heterocycles. The van der Waals surface area contributed by atoms with Gasteiger partial charge >= 0.3 is 0 Å². The molecular formula is C20H30F5NO. The molecule has 7 heteroatoms. The second-order valence-electron chi connectivity index (χ2n) is 7.52. The molecule has 0 N–H and O–H groups in total. The van der Waals surface area contributed by atoms with Crippen LogP contribution in [0, 0.1) is 29.1 Å². The third kappa shape index (κ3) is 7.28. The Bertz CT molecular complexity index is 483. The molecular weight excluding hydrogens is 365 g/mol. The summed E-state index contributed by atoms with van der Waals surface area (Å²) in [7, 11) is 2.46. The molecule has 0 radical (unpaired) electrons. The predicted octanol–water partition coefficient (Wildman–Crippen LogP) is 5.43. The quantitative estimate of drug-likeness (QED) is 0.198. The Hall–Kier alpha value is -1.37. The highest BCUT2D eigenvalue weighted by Gasteiger charge is 2.23. The van der Waals surface area contributed by atoms with Crippen LogP contribution in [-0.4, -0.2) is 31.2 Å². The maximum Gasteiger partial charge on any atom is 0.200 e. The molecule has 0 unspecified atom stereocenters. The van der Waals surface area contributed by atoms with Gasteiger partial charge in [0.15, 0.2) is 29.1 Å². The van der Waals surface area contributed by atoms with E-state index in [0.29, 0.717) is 0 Å². The van der Waals surface area contributed by atoms with Crippen molar-refractivity contribution in [2.45, 2.75) is 64.7 Å². The summed E-state index contributed by atoms with van der Waals surface area (Å²) in [4.78, 5) is 0. The van der Waals surface area contributed by atoms with E-state index >= 15 is 0 Å². The maximum absolute atomic E-state index is 12.1. The fraction of sp³-hybridized carbons (Fsp3) is 0.700. The van der Waals surface area contributed by atoms with Gasteiger partial charge in [0.25, 0.3) is 0 Å². The monoisotopic (exact) mass is 395 g/mol. The first kappa shape index (κ1) is 23.7. The first-order valence-corrected chi connectivity index (χ1v) is 9.75. The van der Waals surface area contributed by atoms with Gasteiger partial charge in [-0.15, -0.1) is 0 Å². The number of halogens is 5. The lowest BCUT2D eigenvalue weighted by Gasteiger charge is -2.37. The van der Waals surface area contributed by atoms with E-state index in [-0.39, 0.29) is 0 Å². The molecule has 1 aromatic rings. The van der Waals surface area contributed by atoms with Crippen LogP contribution < -0.4 is 5.11 Å². The van der Waals surface area contributed by atoms with Crippen LogP contribution in [0.2, 0.25) is 0 Å². The van der Waals surface area contributed by atoms with Gasteiger partial charge in [-0.05, 0) is 37.9 Å². The Kier molecular flexibility index (Phi) is 10.1. The van der Waals surface area contributed by atoms with Gasteiger partial charge in [-0.1, -0.05) is 32.6 Å². The molecule has 156 valence electrons. The molecule has 1 aromatic carbocycles. The zero-order chi connectivity index (χ0) is 20.4. The van der Waals surface area contributed by atoms with Crippen LogP contribution in [0.1, 0.15) is 64.7 Å². The molecule has 0 saturated carbocycles. The van der Waals surface area contributed by atoms with Crippen molar-refractivity contribution in [3.8, 4) is 5.75 Å². The molecule has 1 aliphatic rings. The number of likely N-dealkylation sites (tertiary alicyclic amines) is 1. The van der Waals surface area contributed by atoms with E-state index in [4.69, 9.17) is 0 Å². The van der Waals surface area contributed by atoms with Crippen LogP contribution in [0.4, 0.5) is 22.0 Å². The molecule has 0 atom stereocenters. The number of unbranched alkanes of at least 4 members (excludes halogenated alkanes) is 5. The number of hydrogen-bond acceptors (Lipinski definition) is 1. The lowest BCUT2D eigenvalue weighted by Crippen LogP contribution is -2.48. The lowest BCUT2D eigenvalue weighted by atomic mass is 10.1. The van der Waals surface area contributed by atoms with E-state index in [0.717, 1.165) is 0 Å². The van der Waals surface area contributed by atoms with Crippen molar-refractivity contribution in [1.29, 1.82) is 0 Å². The molecule has 0 aliphatic carbocycles. The van der Waals surface area contributed by atoms with Crippen LogP contribution in [0.5, 0.6) is 5.75 Å². The van der Waals surface area contributed by atoms with E-state index in [1.165, 1.54) is 81.9 Å². The Balaban J connectivity index is 0.000000277. The first-order valence-electron chi connectivity index (χ1n) is 9.75. The van der Waals surface area contributed by atoms with Crippen molar-refractivity contribution in [3.63, 3.8) is 0 Å². The minimum absolute atomic E-state index is 1.37. The van der Waals surface area contributed by atoms with E-state index < -0.39 is 34.8 Å². The molecule has 2 nitrogen and oxygen atoms in total. The van der Waals surface area contributed by atoms with Gasteiger partial charge in [-0.2, -0.15) is 0 Å². The van der Waals surface area contributed by atoms with E-state index in [9.17, 15) is 27.1 Å². The van der Waals surface area contributed by atoms with Gasteiger partial charge in [-0.25, -0.2) is 22.0 Å². The Labute approximate surface area is 158 Å². The van der Waals surface area contributed by atoms with Crippen LogP contribution in [0.25, 0.3) is 0 Å². The topological polar surface area (TPSA) is 23.1 Å². The highest BCUT2D eigenvalue weighted by atomic mass is 19.2. The summed E-state index contributed by atoms with van der Waals surface area (Å²) in [5.41, 5.74) is 0. The van der Waals surface area contributed by atoms with Crippen molar-refractivity contribution < 1.29 is 31.5 Å². The van der Waals surface area contributed by atoms with Crippen LogP contribution >= 0.6 is 0 Å². The van der Waals surface area contributed by atoms with Gasteiger partial charge in [-0.3, -0.25) is 0 Å². The number of quaternary nitrogens is 1. The van der Waals surface area contributed by atoms with Crippen molar-refractivity contribution in [3.05, 3.63) is 29.1 Å². The average molecular weight is 395 g/mol. The minimum Gasteiger partial charge on any atom is -0.868 e. The van der Waals surface area contributed by atoms with Gasteiger partial charge in [0.1, 0.15) is 0 Å². The van der Waals surface area contributed by atoms with Crippen LogP contribution in [0.3, 0.4) is 0 Å². The van der Waals surface area contributed by atoms with Gasteiger partial charge in [0.2, 0.25) is 0 Å². The number of nitrogens with zero attached hydrogens (tertiary/aromatic N) is 1. The summed E-state index contributed by atoms with van der Waals surface area (Å²) < 4.78 is 61.8.